The largest absolute Gasteiger partial charge is 0.381 e. The molecule has 2 nitrogen and oxygen atoms in total. The third kappa shape index (κ3) is 4.80. The fourth-order valence-electron chi connectivity index (χ4n) is 0.943. The van der Waals surface area contributed by atoms with Crippen LogP contribution < -0.4 is 0 Å². The molecule has 0 saturated heterocycles. The number of nitriles is 1. The minimum Gasteiger partial charge on any atom is -0.381 e. The number of rotatable bonds is 6. The monoisotopic (exact) mass is 153 g/mol. The minimum atomic E-state index is 0.673. The Morgan fingerprint density at radius 1 is 1.36 bits per heavy atom. The fourth-order valence-corrected chi connectivity index (χ4v) is 0.943. The number of unbranched alkanes of at least 4 members (excludes halogenated alkanes) is 2. The molecule has 0 atom stereocenters. The molecule has 1 saturated carbocycles. The molecule has 1 aliphatic rings. The van der Waals surface area contributed by atoms with Gasteiger partial charge in [-0.05, 0) is 31.6 Å². The Bertz CT molecular complexity index is 135. The number of nitrogens with zero attached hydrogens (tertiary/aromatic N) is 1. The Morgan fingerprint density at radius 2 is 2.18 bits per heavy atom. The third-order valence-corrected chi connectivity index (χ3v) is 1.88. The smallest absolute Gasteiger partial charge is 0.0621 e. The van der Waals surface area contributed by atoms with Crippen molar-refractivity contribution in [3.05, 3.63) is 0 Å². The summed E-state index contributed by atoms with van der Waals surface area (Å²) in [5, 5.41) is 8.23. The van der Waals surface area contributed by atoms with E-state index in [0.29, 0.717) is 6.42 Å². The van der Waals surface area contributed by atoms with Crippen molar-refractivity contribution in [2.75, 3.05) is 13.2 Å². The maximum absolute atomic E-state index is 8.23. The van der Waals surface area contributed by atoms with Crippen LogP contribution in [0, 0.1) is 17.2 Å². The number of hydrogen-bond donors (Lipinski definition) is 0. The summed E-state index contributed by atoms with van der Waals surface area (Å²) in [6, 6.07) is 2.12. The van der Waals surface area contributed by atoms with Crippen LogP contribution in [0.1, 0.15) is 32.1 Å². The molecule has 1 fully saturated rings. The normalized spacial score (nSPS) is 16.3. The van der Waals surface area contributed by atoms with Crippen LogP contribution in [-0.4, -0.2) is 13.2 Å². The second-order valence-electron chi connectivity index (χ2n) is 3.13. The molecular weight excluding hydrogens is 138 g/mol. The van der Waals surface area contributed by atoms with Crippen molar-refractivity contribution < 1.29 is 4.74 Å². The predicted octanol–water partition coefficient (Wildman–Crippen LogP) is 2.11. The van der Waals surface area contributed by atoms with Gasteiger partial charge < -0.3 is 4.74 Å². The average Bonchev–Trinajstić information content (AvgIpc) is 2.80. The Morgan fingerprint density at radius 3 is 2.82 bits per heavy atom. The maximum Gasteiger partial charge on any atom is 0.0621 e. The Labute approximate surface area is 68.2 Å². The predicted molar refractivity (Wildman–Crippen MR) is 43.0 cm³/mol. The van der Waals surface area contributed by atoms with Gasteiger partial charge in [0.1, 0.15) is 0 Å². The summed E-state index contributed by atoms with van der Waals surface area (Å²) < 4.78 is 5.39. The molecule has 0 bridgehead atoms. The van der Waals surface area contributed by atoms with Crippen LogP contribution in [0.5, 0.6) is 0 Å². The minimum absolute atomic E-state index is 0.673. The van der Waals surface area contributed by atoms with E-state index in [2.05, 4.69) is 6.07 Å². The van der Waals surface area contributed by atoms with Crippen LogP contribution in [-0.2, 0) is 4.74 Å². The van der Waals surface area contributed by atoms with Gasteiger partial charge in [0.05, 0.1) is 6.07 Å². The Hall–Kier alpha value is -0.550. The van der Waals surface area contributed by atoms with Crippen molar-refractivity contribution in [1.29, 1.82) is 5.26 Å². The zero-order chi connectivity index (χ0) is 7.94. The highest BCUT2D eigenvalue weighted by Gasteiger charge is 2.20. The molecule has 0 spiro atoms. The second kappa shape index (κ2) is 5.15. The zero-order valence-corrected chi connectivity index (χ0v) is 6.88. The van der Waals surface area contributed by atoms with Crippen molar-refractivity contribution in [3.8, 4) is 6.07 Å². The third-order valence-electron chi connectivity index (χ3n) is 1.88. The SMILES string of the molecule is N#CCCCCOCC1CC1. The van der Waals surface area contributed by atoms with E-state index in [1.54, 1.807) is 0 Å². The summed E-state index contributed by atoms with van der Waals surface area (Å²) in [5.41, 5.74) is 0. The van der Waals surface area contributed by atoms with E-state index in [1.807, 2.05) is 0 Å². The number of ether oxygens (including phenoxy) is 1. The van der Waals surface area contributed by atoms with Crippen LogP contribution in [0.15, 0.2) is 0 Å². The van der Waals surface area contributed by atoms with E-state index in [4.69, 9.17) is 10.00 Å². The zero-order valence-electron chi connectivity index (χ0n) is 6.88. The summed E-state index contributed by atoms with van der Waals surface area (Å²) >= 11 is 0. The van der Waals surface area contributed by atoms with Crippen molar-refractivity contribution >= 4 is 0 Å². The molecule has 1 aliphatic carbocycles. The van der Waals surface area contributed by atoms with Gasteiger partial charge in [-0.3, -0.25) is 0 Å². The van der Waals surface area contributed by atoms with Gasteiger partial charge in [-0.15, -0.1) is 0 Å². The molecule has 0 heterocycles. The number of hydrogen-bond acceptors (Lipinski definition) is 2. The Balaban J connectivity index is 1.70. The summed E-state index contributed by atoms with van der Waals surface area (Å²) in [7, 11) is 0. The maximum atomic E-state index is 8.23. The van der Waals surface area contributed by atoms with Gasteiger partial charge in [-0.1, -0.05) is 0 Å². The molecule has 0 radical (unpaired) electrons. The van der Waals surface area contributed by atoms with Gasteiger partial charge in [0.2, 0.25) is 0 Å². The lowest BCUT2D eigenvalue weighted by Crippen LogP contribution is -1.97. The van der Waals surface area contributed by atoms with E-state index in [9.17, 15) is 0 Å². The van der Waals surface area contributed by atoms with E-state index < -0.39 is 0 Å². The van der Waals surface area contributed by atoms with E-state index in [-0.39, 0.29) is 0 Å². The Kier molecular flexibility index (Phi) is 4.00. The first kappa shape index (κ1) is 8.55. The van der Waals surface area contributed by atoms with Gasteiger partial charge in [0, 0.05) is 19.6 Å². The molecule has 2 heteroatoms. The van der Waals surface area contributed by atoms with Crippen LogP contribution in [0.3, 0.4) is 0 Å². The van der Waals surface area contributed by atoms with Gasteiger partial charge in [0.15, 0.2) is 0 Å². The molecule has 0 N–H and O–H groups in total. The summed E-state index contributed by atoms with van der Waals surface area (Å²) in [6.45, 7) is 1.80. The average molecular weight is 153 g/mol. The lowest BCUT2D eigenvalue weighted by molar-refractivity contribution is 0.121. The van der Waals surface area contributed by atoms with Crippen LogP contribution in [0.4, 0.5) is 0 Å². The molecule has 1 rings (SSSR count). The van der Waals surface area contributed by atoms with Gasteiger partial charge >= 0.3 is 0 Å². The summed E-state index contributed by atoms with van der Waals surface area (Å²) in [6.07, 6.45) is 5.42. The van der Waals surface area contributed by atoms with Gasteiger partial charge in [0.25, 0.3) is 0 Å². The van der Waals surface area contributed by atoms with Gasteiger partial charge in [-0.2, -0.15) is 5.26 Å². The summed E-state index contributed by atoms with van der Waals surface area (Å²) in [5.74, 6) is 0.867. The molecular formula is C9H15NO. The second-order valence-corrected chi connectivity index (χ2v) is 3.13. The first-order valence-corrected chi connectivity index (χ1v) is 4.38. The fraction of sp³-hybridized carbons (Fsp3) is 0.889. The van der Waals surface area contributed by atoms with Crippen LogP contribution in [0.25, 0.3) is 0 Å². The first-order valence-electron chi connectivity index (χ1n) is 4.38. The van der Waals surface area contributed by atoms with E-state index in [1.165, 1.54) is 12.8 Å². The highest BCUT2D eigenvalue weighted by atomic mass is 16.5. The standard InChI is InChI=1S/C9H15NO/c10-6-2-1-3-7-11-8-9-4-5-9/h9H,1-5,7-8H2. The van der Waals surface area contributed by atoms with Crippen LogP contribution in [0.2, 0.25) is 0 Å². The molecule has 0 aromatic rings. The van der Waals surface area contributed by atoms with Crippen molar-refractivity contribution in [1.82, 2.24) is 0 Å². The topological polar surface area (TPSA) is 33.0 Å². The van der Waals surface area contributed by atoms with Crippen molar-refractivity contribution in [2.45, 2.75) is 32.1 Å². The lowest BCUT2D eigenvalue weighted by atomic mass is 10.3. The quantitative estimate of drug-likeness (QED) is 0.547. The molecule has 0 unspecified atom stereocenters. The van der Waals surface area contributed by atoms with E-state index in [0.717, 1.165) is 32.0 Å². The van der Waals surface area contributed by atoms with Crippen molar-refractivity contribution in [3.63, 3.8) is 0 Å². The molecule has 0 aliphatic heterocycles. The molecule has 62 valence electrons. The highest BCUT2D eigenvalue weighted by molar-refractivity contribution is 4.72. The molecule has 0 aromatic heterocycles. The molecule has 0 aromatic carbocycles. The first-order chi connectivity index (χ1) is 5.43. The summed E-state index contributed by atoms with van der Waals surface area (Å²) in [4.78, 5) is 0. The molecule has 0 amide bonds. The van der Waals surface area contributed by atoms with Crippen LogP contribution >= 0.6 is 0 Å². The molecule has 11 heavy (non-hydrogen) atoms. The lowest BCUT2D eigenvalue weighted by Gasteiger charge is -1.99. The highest BCUT2D eigenvalue weighted by Crippen LogP contribution is 2.28. The van der Waals surface area contributed by atoms with Crippen molar-refractivity contribution in [2.24, 2.45) is 5.92 Å². The van der Waals surface area contributed by atoms with Gasteiger partial charge in [-0.25, -0.2) is 0 Å². The van der Waals surface area contributed by atoms with E-state index >= 15 is 0 Å².